The molecule has 3 heterocycles. The van der Waals surface area contributed by atoms with E-state index in [4.69, 9.17) is 20.2 Å². The molecule has 4 rings (SSSR count). The number of ether oxygens (including phenoxy) is 2. The number of methoxy groups -OCH3 is 1. The van der Waals surface area contributed by atoms with Crippen LogP contribution in [0.1, 0.15) is 54.0 Å². The molecule has 35 heavy (non-hydrogen) atoms. The van der Waals surface area contributed by atoms with Crippen molar-refractivity contribution in [3.8, 4) is 12.1 Å². The molecule has 0 amide bonds. The second kappa shape index (κ2) is 11.1. The van der Waals surface area contributed by atoms with Crippen molar-refractivity contribution in [2.45, 2.75) is 49.5 Å². The van der Waals surface area contributed by atoms with Gasteiger partial charge in [0.25, 0.3) is 0 Å². The van der Waals surface area contributed by atoms with E-state index >= 15 is 0 Å². The minimum atomic E-state index is -0.751. The highest BCUT2D eigenvalue weighted by atomic mass is 32.2. The molecule has 178 valence electrons. The number of esters is 1. The van der Waals surface area contributed by atoms with Crippen LogP contribution in [-0.2, 0) is 27.1 Å². The monoisotopic (exact) mass is 487 g/mol. The summed E-state index contributed by atoms with van der Waals surface area (Å²) in [6.07, 6.45) is 9.51. The Morgan fingerprint density at radius 3 is 2.63 bits per heavy atom. The zero-order valence-corrected chi connectivity index (χ0v) is 20.2. The first-order valence-corrected chi connectivity index (χ1v) is 12.4. The molecule has 1 aliphatic heterocycles. The van der Waals surface area contributed by atoms with Crippen molar-refractivity contribution in [2.75, 3.05) is 12.9 Å². The van der Waals surface area contributed by atoms with Crippen molar-refractivity contribution in [1.82, 2.24) is 9.97 Å². The van der Waals surface area contributed by atoms with Crippen molar-refractivity contribution >= 4 is 17.7 Å². The van der Waals surface area contributed by atoms with Crippen molar-refractivity contribution in [1.29, 1.82) is 10.5 Å². The Kier molecular flexibility index (Phi) is 7.69. The maximum Gasteiger partial charge on any atom is 0.338 e. The van der Waals surface area contributed by atoms with E-state index in [2.05, 4.69) is 17.1 Å². The fourth-order valence-electron chi connectivity index (χ4n) is 4.44. The fraction of sp³-hybridized carbons (Fsp3) is 0.346. The predicted molar refractivity (Wildman–Crippen MR) is 129 cm³/mol. The Balaban J connectivity index is 1.72. The third-order valence-corrected chi connectivity index (χ3v) is 7.16. The van der Waals surface area contributed by atoms with Crippen LogP contribution in [0.25, 0.3) is 0 Å². The minimum Gasteiger partial charge on any atom is -0.466 e. The highest BCUT2D eigenvalue weighted by molar-refractivity contribution is 7.99. The molecule has 2 aromatic rings. The lowest BCUT2D eigenvalue weighted by Gasteiger charge is -2.27. The number of nitriles is 2. The number of fused-ring (bicyclic) bond motifs is 1. The quantitative estimate of drug-likeness (QED) is 0.489. The summed E-state index contributed by atoms with van der Waals surface area (Å²) >= 11 is 1.31. The van der Waals surface area contributed by atoms with Crippen LogP contribution >= 0.6 is 11.8 Å². The molecule has 8 nitrogen and oxygen atoms in total. The second-order valence-electron chi connectivity index (χ2n) is 8.30. The second-order valence-corrected chi connectivity index (χ2v) is 9.26. The zero-order chi connectivity index (χ0) is 24.8. The number of carbonyl (C=O) groups excluding carboxylic acids is 1. The summed E-state index contributed by atoms with van der Waals surface area (Å²) in [6, 6.07) is 9.71. The van der Waals surface area contributed by atoms with Crippen LogP contribution in [-0.4, -0.2) is 28.8 Å². The highest BCUT2D eigenvalue weighted by Crippen LogP contribution is 2.41. The minimum absolute atomic E-state index is 0.0655. The number of carbonyl (C=O) groups is 1. The number of aryl methyl sites for hydroxylation is 2. The maximum atomic E-state index is 12.9. The summed E-state index contributed by atoms with van der Waals surface area (Å²) in [7, 11) is 1.28. The summed E-state index contributed by atoms with van der Waals surface area (Å²) < 4.78 is 10.8. The summed E-state index contributed by atoms with van der Waals surface area (Å²) in [4.78, 5) is 21.8. The largest absolute Gasteiger partial charge is 0.466 e. The van der Waals surface area contributed by atoms with Crippen molar-refractivity contribution < 1.29 is 14.3 Å². The summed E-state index contributed by atoms with van der Waals surface area (Å²) in [5.74, 6) is -0.971. The van der Waals surface area contributed by atoms with Crippen LogP contribution in [0.4, 0.5) is 0 Å². The lowest BCUT2D eigenvalue weighted by atomic mass is 9.83. The third-order valence-electron chi connectivity index (χ3n) is 6.17. The third kappa shape index (κ3) is 5.16. The topological polar surface area (TPSA) is 135 Å². The Morgan fingerprint density at radius 2 is 1.94 bits per heavy atom. The Hall–Kier alpha value is -3.82. The molecule has 2 N–H and O–H groups in total. The smallest absolute Gasteiger partial charge is 0.338 e. The lowest BCUT2D eigenvalue weighted by molar-refractivity contribution is -0.136. The molecule has 1 aliphatic carbocycles. The molecule has 0 radical (unpaired) electrons. The number of thioether (sulfide) groups is 1. The lowest BCUT2D eigenvalue weighted by Crippen LogP contribution is -2.26. The zero-order valence-electron chi connectivity index (χ0n) is 19.4. The van der Waals surface area contributed by atoms with Crippen molar-refractivity contribution in [3.63, 3.8) is 0 Å². The number of hydrogen-bond donors (Lipinski definition) is 1. The van der Waals surface area contributed by atoms with E-state index < -0.39 is 11.9 Å². The molecule has 0 saturated carbocycles. The average molecular weight is 488 g/mol. The van der Waals surface area contributed by atoms with E-state index in [-0.39, 0.29) is 28.5 Å². The first-order valence-electron chi connectivity index (χ1n) is 11.4. The standard InChI is InChI=1S/C26H25N5O3S/c1-33-26(32)23-21(34-24(29)19(14-28)22(23)16-8-10-30-11-9-16)15-35-25-18(13-27)12-17-6-4-2-3-5-7-20(17)31-25/h8-12,22H,2-7,15,29H2,1H3. The highest BCUT2D eigenvalue weighted by Gasteiger charge is 2.37. The van der Waals surface area contributed by atoms with E-state index in [1.807, 2.05) is 6.07 Å². The molecule has 0 spiro atoms. The first kappa shape index (κ1) is 24.3. The number of nitrogens with two attached hydrogens (primary N) is 1. The van der Waals surface area contributed by atoms with Gasteiger partial charge in [0.1, 0.15) is 28.5 Å². The number of rotatable bonds is 5. The van der Waals surface area contributed by atoms with Gasteiger partial charge in [0, 0.05) is 18.1 Å². The van der Waals surface area contributed by atoms with E-state index in [9.17, 15) is 15.3 Å². The van der Waals surface area contributed by atoms with Gasteiger partial charge in [-0.15, -0.1) is 0 Å². The van der Waals surface area contributed by atoms with E-state index in [0.717, 1.165) is 36.9 Å². The van der Waals surface area contributed by atoms with Crippen LogP contribution in [0, 0.1) is 22.7 Å². The van der Waals surface area contributed by atoms with Gasteiger partial charge in [0.05, 0.1) is 29.9 Å². The van der Waals surface area contributed by atoms with Crippen LogP contribution in [0.2, 0.25) is 0 Å². The molecule has 0 bridgehead atoms. The molecule has 2 aromatic heterocycles. The number of allylic oxidation sites excluding steroid dienone is 1. The molecule has 1 atom stereocenters. The Bertz CT molecular complexity index is 1270. The summed E-state index contributed by atoms with van der Waals surface area (Å²) in [5, 5.41) is 20.1. The van der Waals surface area contributed by atoms with Gasteiger partial charge in [0.15, 0.2) is 0 Å². The fourth-order valence-corrected chi connectivity index (χ4v) is 5.36. The number of hydrogen-bond acceptors (Lipinski definition) is 9. The molecule has 0 saturated heterocycles. The van der Waals surface area contributed by atoms with Gasteiger partial charge in [-0.1, -0.05) is 24.6 Å². The van der Waals surface area contributed by atoms with Gasteiger partial charge < -0.3 is 15.2 Å². The van der Waals surface area contributed by atoms with Gasteiger partial charge in [0.2, 0.25) is 5.88 Å². The van der Waals surface area contributed by atoms with Crippen LogP contribution in [0.5, 0.6) is 0 Å². The van der Waals surface area contributed by atoms with Crippen LogP contribution in [0.15, 0.2) is 58.4 Å². The van der Waals surface area contributed by atoms with Gasteiger partial charge in [-0.25, -0.2) is 9.78 Å². The van der Waals surface area contributed by atoms with Crippen molar-refractivity contribution in [3.05, 3.63) is 75.8 Å². The molecule has 2 aliphatic rings. The number of nitrogens with zero attached hydrogens (tertiary/aromatic N) is 4. The molecular formula is C26H25N5O3S. The van der Waals surface area contributed by atoms with Crippen LogP contribution in [0.3, 0.4) is 0 Å². The molecule has 0 fully saturated rings. The van der Waals surface area contributed by atoms with E-state index in [1.54, 1.807) is 24.5 Å². The molecule has 9 heteroatoms. The van der Waals surface area contributed by atoms with Crippen LogP contribution < -0.4 is 5.73 Å². The molecule has 0 aromatic carbocycles. The predicted octanol–water partition coefficient (Wildman–Crippen LogP) is 4.03. The van der Waals surface area contributed by atoms with Gasteiger partial charge in [-0.2, -0.15) is 10.5 Å². The SMILES string of the molecule is COC(=O)C1=C(CSc2nc3c(cc2C#N)CCCCCC3)OC(N)=C(C#N)C1c1ccncc1. The first-order chi connectivity index (χ1) is 17.1. The average Bonchev–Trinajstić information content (AvgIpc) is 2.87. The molecular weight excluding hydrogens is 462 g/mol. The van der Waals surface area contributed by atoms with Crippen molar-refractivity contribution in [2.24, 2.45) is 5.73 Å². The van der Waals surface area contributed by atoms with E-state index in [1.165, 1.54) is 31.7 Å². The maximum absolute atomic E-state index is 12.9. The van der Waals surface area contributed by atoms with Gasteiger partial charge in [-0.05, 0) is 55.0 Å². The normalized spacial score (nSPS) is 17.9. The molecule has 1 unspecified atom stereocenters. The summed E-state index contributed by atoms with van der Waals surface area (Å²) in [6.45, 7) is 0. The summed E-state index contributed by atoms with van der Waals surface area (Å²) in [5.41, 5.74) is 9.77. The van der Waals surface area contributed by atoms with E-state index in [0.29, 0.717) is 16.2 Å². The Labute approximate surface area is 208 Å². The van der Waals surface area contributed by atoms with Gasteiger partial charge >= 0.3 is 5.97 Å². The van der Waals surface area contributed by atoms with Gasteiger partial charge in [-0.3, -0.25) is 4.98 Å². The number of pyridine rings is 2. The number of aromatic nitrogens is 2. The Morgan fingerprint density at radius 1 is 1.20 bits per heavy atom.